The van der Waals surface area contributed by atoms with E-state index in [1.54, 1.807) is 36.6 Å². The molecule has 184 valence electrons. The molecule has 2 aliphatic rings. The number of nitrogens with one attached hydrogen (secondary N) is 1. The van der Waals surface area contributed by atoms with Gasteiger partial charge >= 0.3 is 0 Å². The van der Waals surface area contributed by atoms with Gasteiger partial charge < -0.3 is 14.8 Å². The monoisotopic (exact) mass is 493 g/mol. The Morgan fingerprint density at radius 2 is 1.91 bits per heavy atom. The molecule has 0 bridgehead atoms. The molecule has 1 aliphatic heterocycles. The van der Waals surface area contributed by atoms with Gasteiger partial charge in [0.2, 0.25) is 5.91 Å². The van der Waals surface area contributed by atoms with Crippen LogP contribution in [-0.2, 0) is 24.2 Å². The maximum absolute atomic E-state index is 14.1. The Kier molecular flexibility index (Phi) is 6.34. The molecule has 35 heavy (non-hydrogen) atoms. The summed E-state index contributed by atoms with van der Waals surface area (Å²) in [4.78, 5) is 14.1. The molecule has 1 amide bonds. The Morgan fingerprint density at radius 3 is 2.66 bits per heavy atom. The third kappa shape index (κ3) is 4.68. The third-order valence-electron chi connectivity index (χ3n) is 7.45. The largest absolute Gasteiger partial charge is 0.493 e. The molecule has 1 aliphatic carbocycles. The SMILES string of the molecule is COc1ccc([C@H]2CC(=O)Nc3sc4c(c32)CC[C@H](C(C)(C)C)C4)cc1OCc1ccccc1F. The lowest BCUT2D eigenvalue weighted by atomic mass is 9.71. The lowest BCUT2D eigenvalue weighted by Gasteiger charge is -2.34. The predicted molar refractivity (Wildman–Crippen MR) is 138 cm³/mol. The number of halogens is 1. The predicted octanol–water partition coefficient (Wildman–Crippen LogP) is 7.10. The van der Waals surface area contributed by atoms with Crippen LogP contribution in [0.1, 0.15) is 66.7 Å². The minimum atomic E-state index is -0.297. The van der Waals surface area contributed by atoms with Gasteiger partial charge in [-0.05, 0) is 65.5 Å². The highest BCUT2D eigenvalue weighted by molar-refractivity contribution is 7.16. The first-order valence-electron chi connectivity index (χ1n) is 12.2. The second-order valence-corrected chi connectivity index (χ2v) is 11.8. The van der Waals surface area contributed by atoms with Gasteiger partial charge in [0.1, 0.15) is 12.4 Å². The number of fused-ring (bicyclic) bond motifs is 3. The molecule has 3 aromatic rings. The zero-order chi connectivity index (χ0) is 24.7. The highest BCUT2D eigenvalue weighted by atomic mass is 32.1. The molecule has 0 saturated carbocycles. The molecule has 1 N–H and O–H groups in total. The number of thiophene rings is 1. The van der Waals surface area contributed by atoms with E-state index in [4.69, 9.17) is 9.47 Å². The second-order valence-electron chi connectivity index (χ2n) is 10.6. The van der Waals surface area contributed by atoms with Crippen molar-refractivity contribution in [3.63, 3.8) is 0 Å². The molecule has 0 saturated heterocycles. The maximum atomic E-state index is 14.1. The first-order chi connectivity index (χ1) is 16.7. The number of hydrogen-bond donors (Lipinski definition) is 1. The molecule has 2 heterocycles. The quantitative estimate of drug-likeness (QED) is 0.412. The van der Waals surface area contributed by atoms with Crippen molar-refractivity contribution in [3.8, 4) is 11.5 Å². The zero-order valence-corrected chi connectivity index (χ0v) is 21.6. The van der Waals surface area contributed by atoms with Crippen molar-refractivity contribution in [3.05, 3.63) is 75.4 Å². The molecule has 2 atom stereocenters. The molecule has 0 radical (unpaired) electrons. The first kappa shape index (κ1) is 23.9. The molecule has 1 aromatic heterocycles. The van der Waals surface area contributed by atoms with Gasteiger partial charge in [-0.1, -0.05) is 45.0 Å². The van der Waals surface area contributed by atoms with Crippen LogP contribution in [-0.4, -0.2) is 13.0 Å². The van der Waals surface area contributed by atoms with Crippen LogP contribution in [0.15, 0.2) is 42.5 Å². The number of carbonyl (C=O) groups excluding carboxylic acids is 1. The van der Waals surface area contributed by atoms with Crippen LogP contribution in [0.2, 0.25) is 0 Å². The van der Waals surface area contributed by atoms with Crippen LogP contribution < -0.4 is 14.8 Å². The topological polar surface area (TPSA) is 47.6 Å². The highest BCUT2D eigenvalue weighted by Crippen LogP contribution is 2.50. The van der Waals surface area contributed by atoms with E-state index in [0.29, 0.717) is 29.4 Å². The summed E-state index contributed by atoms with van der Waals surface area (Å²) in [5.41, 5.74) is 4.46. The number of carbonyl (C=O) groups is 1. The summed E-state index contributed by atoms with van der Waals surface area (Å²) in [6.07, 6.45) is 3.68. The standard InChI is InChI=1S/C29H32FNO3S/c1-29(2,3)19-10-11-20-25(14-19)35-28-27(20)21(15-26(32)31-28)17-9-12-23(33-4)24(13-17)34-16-18-7-5-6-8-22(18)30/h5-9,12-13,19,21H,10-11,14-16H2,1-4H3,(H,31,32)/t19-,21+/m0/s1. The van der Waals surface area contributed by atoms with Crippen molar-refractivity contribution in [2.75, 3.05) is 12.4 Å². The number of amides is 1. The first-order valence-corrected chi connectivity index (χ1v) is 13.0. The van der Waals surface area contributed by atoms with E-state index in [-0.39, 0.29) is 29.7 Å². The van der Waals surface area contributed by atoms with Crippen molar-refractivity contribution >= 4 is 22.2 Å². The van der Waals surface area contributed by atoms with Gasteiger partial charge in [-0.2, -0.15) is 0 Å². The van der Waals surface area contributed by atoms with Crippen LogP contribution in [0.25, 0.3) is 0 Å². The van der Waals surface area contributed by atoms with Gasteiger partial charge in [0.05, 0.1) is 12.1 Å². The van der Waals surface area contributed by atoms with Crippen LogP contribution in [0.3, 0.4) is 0 Å². The Labute approximate surface area is 210 Å². The van der Waals surface area contributed by atoms with Crippen molar-refractivity contribution < 1.29 is 18.7 Å². The number of methoxy groups -OCH3 is 1. The maximum Gasteiger partial charge on any atom is 0.225 e. The van der Waals surface area contributed by atoms with Crippen LogP contribution in [0.5, 0.6) is 11.5 Å². The normalized spacial score (nSPS) is 19.5. The summed E-state index contributed by atoms with van der Waals surface area (Å²) in [5.74, 6) is 1.49. The Hall–Kier alpha value is -2.86. The Morgan fingerprint density at radius 1 is 1.11 bits per heavy atom. The Bertz CT molecular complexity index is 1260. The fourth-order valence-corrected chi connectivity index (χ4v) is 6.76. The van der Waals surface area contributed by atoms with Gasteiger partial charge in [0.25, 0.3) is 0 Å². The van der Waals surface area contributed by atoms with E-state index in [0.717, 1.165) is 23.4 Å². The van der Waals surface area contributed by atoms with E-state index in [2.05, 4.69) is 26.1 Å². The molecule has 6 heteroatoms. The molecule has 4 nitrogen and oxygen atoms in total. The van der Waals surface area contributed by atoms with Gasteiger partial charge in [-0.15, -0.1) is 11.3 Å². The molecule has 0 fully saturated rings. The van der Waals surface area contributed by atoms with Crippen LogP contribution >= 0.6 is 11.3 Å². The van der Waals surface area contributed by atoms with Crippen molar-refractivity contribution in [1.29, 1.82) is 0 Å². The van der Waals surface area contributed by atoms with Gasteiger partial charge in [-0.25, -0.2) is 4.39 Å². The van der Waals surface area contributed by atoms with E-state index >= 15 is 0 Å². The van der Waals surface area contributed by atoms with E-state index in [9.17, 15) is 9.18 Å². The van der Waals surface area contributed by atoms with Gasteiger partial charge in [0, 0.05) is 22.8 Å². The van der Waals surface area contributed by atoms with Crippen molar-refractivity contribution in [1.82, 2.24) is 0 Å². The molecule has 2 aromatic carbocycles. The highest BCUT2D eigenvalue weighted by Gasteiger charge is 2.37. The molecule has 0 spiro atoms. The van der Waals surface area contributed by atoms with Gasteiger partial charge in [-0.3, -0.25) is 4.79 Å². The number of rotatable bonds is 5. The summed E-state index contributed by atoms with van der Waals surface area (Å²) in [6.45, 7) is 7.06. The summed E-state index contributed by atoms with van der Waals surface area (Å²) in [7, 11) is 1.60. The van der Waals surface area contributed by atoms with Crippen molar-refractivity contribution in [2.24, 2.45) is 11.3 Å². The minimum absolute atomic E-state index is 0.0355. The van der Waals surface area contributed by atoms with Crippen LogP contribution in [0.4, 0.5) is 9.39 Å². The molecular formula is C29H32FNO3S. The fraction of sp³-hybridized carbons (Fsp3) is 0.414. The number of anilines is 1. The van der Waals surface area contributed by atoms with Crippen LogP contribution in [0, 0.1) is 17.2 Å². The van der Waals surface area contributed by atoms with Crippen molar-refractivity contribution in [2.45, 2.75) is 59.0 Å². The lowest BCUT2D eigenvalue weighted by molar-refractivity contribution is -0.116. The summed E-state index contributed by atoms with van der Waals surface area (Å²) < 4.78 is 25.7. The summed E-state index contributed by atoms with van der Waals surface area (Å²) >= 11 is 1.75. The fourth-order valence-electron chi connectivity index (χ4n) is 5.35. The summed E-state index contributed by atoms with van der Waals surface area (Å²) in [6, 6.07) is 12.5. The number of benzene rings is 2. The Balaban J connectivity index is 1.48. The molecular weight excluding hydrogens is 461 g/mol. The summed E-state index contributed by atoms with van der Waals surface area (Å²) in [5, 5.41) is 4.14. The van der Waals surface area contributed by atoms with Gasteiger partial charge in [0.15, 0.2) is 11.5 Å². The molecule has 0 unspecified atom stereocenters. The average molecular weight is 494 g/mol. The lowest BCUT2D eigenvalue weighted by Crippen LogP contribution is -2.27. The second kappa shape index (κ2) is 9.30. The number of hydrogen-bond acceptors (Lipinski definition) is 4. The zero-order valence-electron chi connectivity index (χ0n) is 20.7. The third-order valence-corrected chi connectivity index (χ3v) is 8.64. The van der Waals surface area contributed by atoms with E-state index < -0.39 is 0 Å². The smallest absolute Gasteiger partial charge is 0.225 e. The number of ether oxygens (including phenoxy) is 2. The molecule has 5 rings (SSSR count). The minimum Gasteiger partial charge on any atom is -0.493 e. The average Bonchev–Trinajstić information content (AvgIpc) is 3.19. The van der Waals surface area contributed by atoms with E-state index in [1.807, 2.05) is 18.2 Å². The van der Waals surface area contributed by atoms with E-state index in [1.165, 1.54) is 28.5 Å².